The van der Waals surface area contributed by atoms with Gasteiger partial charge < -0.3 is 10.5 Å². The highest BCUT2D eigenvalue weighted by molar-refractivity contribution is 6.80. The molecule has 96 valence electrons. The fourth-order valence-corrected chi connectivity index (χ4v) is 2.42. The molecule has 0 atom stereocenters. The average molecular weight is 250 g/mol. The Labute approximate surface area is 115 Å². The fraction of sp³-hybridized carbons (Fsp3) is 0.250. The van der Waals surface area contributed by atoms with Gasteiger partial charge in [0.05, 0.1) is 0 Å². The molecule has 3 heteroatoms. The third-order valence-electron chi connectivity index (χ3n) is 3.64. The van der Waals surface area contributed by atoms with E-state index in [1.165, 1.54) is 22.4 Å². The minimum absolute atomic E-state index is 0.173. The Kier molecular flexibility index (Phi) is 2.77. The second kappa shape index (κ2) is 4.34. The van der Waals surface area contributed by atoms with Gasteiger partial charge in [-0.3, -0.25) is 0 Å². The molecule has 0 aromatic heterocycles. The van der Waals surface area contributed by atoms with Crippen molar-refractivity contribution in [3.05, 3.63) is 54.1 Å². The van der Waals surface area contributed by atoms with Crippen molar-refractivity contribution in [2.45, 2.75) is 26.2 Å². The second-order valence-electron chi connectivity index (χ2n) is 6.14. The van der Waals surface area contributed by atoms with E-state index in [1.807, 2.05) is 0 Å². The number of anilines is 2. The summed E-state index contributed by atoms with van der Waals surface area (Å²) in [5.41, 5.74) is 5.19. The number of hydrogen-bond acceptors (Lipinski definition) is 2. The van der Waals surface area contributed by atoms with Gasteiger partial charge in [0.1, 0.15) is 0 Å². The number of fused-ring (bicyclic) bond motifs is 1. The van der Waals surface area contributed by atoms with Crippen molar-refractivity contribution >= 4 is 23.8 Å². The summed E-state index contributed by atoms with van der Waals surface area (Å²) >= 11 is 0. The molecule has 2 aromatic rings. The summed E-state index contributed by atoms with van der Waals surface area (Å²) in [7, 11) is 0. The van der Waals surface area contributed by atoms with E-state index in [4.69, 9.17) is 0 Å². The van der Waals surface area contributed by atoms with Crippen molar-refractivity contribution in [1.29, 1.82) is 0 Å². The van der Waals surface area contributed by atoms with Gasteiger partial charge in [-0.15, -0.1) is 0 Å². The molecule has 0 bridgehead atoms. The monoisotopic (exact) mass is 250 g/mol. The van der Waals surface area contributed by atoms with Crippen LogP contribution in [0.4, 0.5) is 11.4 Å². The largest absolute Gasteiger partial charge is 0.406 e. The van der Waals surface area contributed by atoms with Crippen LogP contribution in [0, 0.1) is 0 Å². The molecule has 0 saturated carbocycles. The van der Waals surface area contributed by atoms with Crippen LogP contribution in [-0.4, -0.2) is 6.98 Å². The number of hydrogen-bond donors (Lipinski definition) is 2. The van der Waals surface area contributed by atoms with Gasteiger partial charge in [-0.1, -0.05) is 57.2 Å². The minimum atomic E-state index is 0.173. The Morgan fingerprint density at radius 2 is 1.32 bits per heavy atom. The standard InChI is InChI=1S/C16H19BN2/c1-16(2,3)12-8-10-13(11-9-12)17-18-14-6-4-5-7-15(14)19-17/h4-11,18-19H,1-3H3. The van der Waals surface area contributed by atoms with E-state index in [0.717, 1.165) is 0 Å². The molecule has 1 aliphatic rings. The zero-order valence-electron chi connectivity index (χ0n) is 11.7. The molecule has 0 fully saturated rings. The zero-order chi connectivity index (χ0) is 13.5. The lowest BCUT2D eigenvalue weighted by molar-refractivity contribution is 0.590. The molecule has 3 rings (SSSR count). The van der Waals surface area contributed by atoms with Crippen LogP contribution in [-0.2, 0) is 5.41 Å². The highest BCUT2D eigenvalue weighted by Gasteiger charge is 2.26. The Balaban J connectivity index is 1.82. The van der Waals surface area contributed by atoms with Crippen molar-refractivity contribution in [2.24, 2.45) is 0 Å². The van der Waals surface area contributed by atoms with Gasteiger partial charge in [0.2, 0.25) is 0 Å². The SMILES string of the molecule is CC(C)(C)c1ccc(B2Nc3ccccc3N2)cc1. The summed E-state index contributed by atoms with van der Waals surface area (Å²) in [5.74, 6) is 0. The van der Waals surface area contributed by atoms with Crippen LogP contribution in [0.15, 0.2) is 48.5 Å². The van der Waals surface area contributed by atoms with Crippen molar-refractivity contribution in [3.63, 3.8) is 0 Å². The van der Waals surface area contributed by atoms with E-state index in [9.17, 15) is 0 Å². The first-order chi connectivity index (χ1) is 9.04. The highest BCUT2D eigenvalue weighted by Crippen LogP contribution is 2.27. The van der Waals surface area contributed by atoms with Crippen LogP contribution in [0.1, 0.15) is 26.3 Å². The summed E-state index contributed by atoms with van der Waals surface area (Å²) in [4.78, 5) is 0. The fourth-order valence-electron chi connectivity index (χ4n) is 2.42. The van der Waals surface area contributed by atoms with Crippen LogP contribution in [0.5, 0.6) is 0 Å². The predicted octanol–water partition coefficient (Wildman–Crippen LogP) is 3.22. The van der Waals surface area contributed by atoms with Crippen molar-refractivity contribution in [1.82, 2.24) is 0 Å². The van der Waals surface area contributed by atoms with Crippen molar-refractivity contribution in [3.8, 4) is 0 Å². The van der Waals surface area contributed by atoms with Gasteiger partial charge in [-0.25, -0.2) is 0 Å². The molecule has 2 aromatic carbocycles. The summed E-state index contributed by atoms with van der Waals surface area (Å²) in [6.07, 6.45) is 0. The maximum absolute atomic E-state index is 3.50. The summed E-state index contributed by atoms with van der Waals surface area (Å²) in [5, 5.41) is 7.00. The summed E-state index contributed by atoms with van der Waals surface area (Å²) in [6, 6.07) is 17.2. The molecule has 19 heavy (non-hydrogen) atoms. The maximum Gasteiger partial charge on any atom is 0.406 e. The molecule has 1 aliphatic heterocycles. The maximum atomic E-state index is 3.50. The first-order valence-corrected chi connectivity index (χ1v) is 6.76. The van der Waals surface area contributed by atoms with E-state index < -0.39 is 0 Å². The molecule has 0 saturated heterocycles. The number of benzene rings is 2. The highest BCUT2D eigenvalue weighted by atomic mass is 15.0. The lowest BCUT2D eigenvalue weighted by Gasteiger charge is -2.19. The Morgan fingerprint density at radius 3 is 1.79 bits per heavy atom. The Hall–Kier alpha value is -1.90. The third kappa shape index (κ3) is 2.33. The third-order valence-corrected chi connectivity index (χ3v) is 3.64. The van der Waals surface area contributed by atoms with Gasteiger partial charge in [0, 0.05) is 11.4 Å². The number of rotatable bonds is 1. The number of para-hydroxylation sites is 2. The zero-order valence-corrected chi connectivity index (χ0v) is 11.7. The lowest BCUT2D eigenvalue weighted by atomic mass is 9.68. The number of nitrogens with one attached hydrogen (secondary N) is 2. The Morgan fingerprint density at radius 1 is 0.789 bits per heavy atom. The molecule has 2 N–H and O–H groups in total. The van der Waals surface area contributed by atoms with Crippen LogP contribution >= 0.6 is 0 Å². The smallest absolute Gasteiger partial charge is 0.404 e. The molecule has 0 spiro atoms. The molecule has 0 amide bonds. The quantitative estimate of drug-likeness (QED) is 0.759. The molecule has 0 aliphatic carbocycles. The van der Waals surface area contributed by atoms with Gasteiger partial charge in [0.15, 0.2) is 0 Å². The van der Waals surface area contributed by atoms with Gasteiger partial charge in [-0.05, 0) is 28.6 Å². The molecular formula is C16H19BN2. The second-order valence-corrected chi connectivity index (χ2v) is 6.14. The topological polar surface area (TPSA) is 24.1 Å². The molecule has 1 heterocycles. The van der Waals surface area contributed by atoms with Crippen LogP contribution < -0.4 is 15.9 Å². The van der Waals surface area contributed by atoms with Crippen molar-refractivity contribution in [2.75, 3.05) is 10.5 Å². The van der Waals surface area contributed by atoms with Crippen LogP contribution in [0.25, 0.3) is 0 Å². The van der Waals surface area contributed by atoms with Gasteiger partial charge >= 0.3 is 6.98 Å². The Bertz CT molecular complexity index is 559. The normalized spacial score (nSPS) is 13.7. The summed E-state index contributed by atoms with van der Waals surface area (Å²) < 4.78 is 0. The van der Waals surface area contributed by atoms with E-state index in [0.29, 0.717) is 0 Å². The molecule has 0 radical (unpaired) electrons. The first kappa shape index (κ1) is 12.2. The lowest BCUT2D eigenvalue weighted by Crippen LogP contribution is -2.42. The first-order valence-electron chi connectivity index (χ1n) is 6.76. The van der Waals surface area contributed by atoms with Crippen molar-refractivity contribution < 1.29 is 0 Å². The van der Waals surface area contributed by atoms with Gasteiger partial charge in [0.25, 0.3) is 0 Å². The van der Waals surface area contributed by atoms with E-state index in [1.54, 1.807) is 0 Å². The minimum Gasteiger partial charge on any atom is -0.404 e. The molecular weight excluding hydrogens is 231 g/mol. The summed E-state index contributed by atoms with van der Waals surface area (Å²) in [6.45, 7) is 6.89. The predicted molar refractivity (Wildman–Crippen MR) is 84.2 cm³/mol. The van der Waals surface area contributed by atoms with Crippen LogP contribution in [0.2, 0.25) is 0 Å². The van der Waals surface area contributed by atoms with Crippen LogP contribution in [0.3, 0.4) is 0 Å². The average Bonchev–Trinajstić information content (AvgIpc) is 2.81. The molecule has 2 nitrogen and oxygen atoms in total. The molecule has 0 unspecified atom stereocenters. The van der Waals surface area contributed by atoms with Gasteiger partial charge in [-0.2, -0.15) is 0 Å². The van der Waals surface area contributed by atoms with E-state index >= 15 is 0 Å². The van der Waals surface area contributed by atoms with E-state index in [2.05, 4.69) is 79.8 Å². The van der Waals surface area contributed by atoms with E-state index in [-0.39, 0.29) is 12.4 Å².